The molecule has 4 amide bonds. The smallest absolute Gasteiger partial charge is 0.255 e. The van der Waals surface area contributed by atoms with E-state index in [4.69, 9.17) is 4.74 Å². The van der Waals surface area contributed by atoms with Crippen LogP contribution in [0.4, 0.5) is 5.82 Å². The lowest BCUT2D eigenvalue weighted by molar-refractivity contribution is -0.137. The molecule has 31 heavy (non-hydrogen) atoms. The quantitative estimate of drug-likeness (QED) is 0.587. The number of aromatic hydroxyl groups is 1. The third-order valence-electron chi connectivity index (χ3n) is 5.14. The zero-order chi connectivity index (χ0) is 22.0. The lowest BCUT2D eigenvalue weighted by Crippen LogP contribution is -2.52. The fourth-order valence-corrected chi connectivity index (χ4v) is 3.59. The van der Waals surface area contributed by atoms with E-state index in [2.05, 4.69) is 15.6 Å². The number of piperidine rings is 1. The van der Waals surface area contributed by atoms with E-state index in [9.17, 15) is 24.3 Å². The summed E-state index contributed by atoms with van der Waals surface area (Å²) in [6, 6.07) is 7.27. The molecule has 1 aromatic heterocycles. The molecule has 3 N–H and O–H groups in total. The number of nitrogens with zero attached hydrogens (tertiary/aromatic N) is 2. The zero-order valence-corrected chi connectivity index (χ0v) is 16.5. The molecule has 1 atom stereocenters. The van der Waals surface area contributed by atoms with E-state index < -0.39 is 11.9 Å². The molecule has 1 saturated heterocycles. The Kier molecular flexibility index (Phi) is 5.52. The van der Waals surface area contributed by atoms with Crippen molar-refractivity contribution in [1.29, 1.82) is 0 Å². The van der Waals surface area contributed by atoms with Gasteiger partial charge in [-0.2, -0.15) is 0 Å². The van der Waals surface area contributed by atoms with Gasteiger partial charge in [-0.05, 0) is 42.3 Å². The number of aromatic nitrogens is 1. The van der Waals surface area contributed by atoms with Crippen LogP contribution in [0.2, 0.25) is 0 Å². The number of pyridine rings is 1. The highest BCUT2D eigenvalue weighted by atomic mass is 16.5. The van der Waals surface area contributed by atoms with Crippen LogP contribution in [-0.2, 0) is 20.9 Å². The predicted molar refractivity (Wildman–Crippen MR) is 107 cm³/mol. The van der Waals surface area contributed by atoms with Crippen LogP contribution < -0.4 is 15.4 Å². The third kappa shape index (κ3) is 4.32. The molecule has 160 valence electrons. The van der Waals surface area contributed by atoms with Gasteiger partial charge in [-0.1, -0.05) is 0 Å². The average molecular weight is 424 g/mol. The van der Waals surface area contributed by atoms with Gasteiger partial charge in [0.2, 0.25) is 17.7 Å². The molecule has 0 aliphatic carbocycles. The molecular formula is C21H20N4O6. The maximum atomic E-state index is 12.7. The molecule has 1 unspecified atom stereocenters. The highest BCUT2D eigenvalue weighted by Crippen LogP contribution is 2.30. The molecule has 4 rings (SSSR count). The molecule has 2 aliphatic heterocycles. The van der Waals surface area contributed by atoms with Gasteiger partial charge in [0.25, 0.3) is 5.91 Å². The molecule has 1 fully saturated rings. The summed E-state index contributed by atoms with van der Waals surface area (Å²) >= 11 is 0. The maximum Gasteiger partial charge on any atom is 0.255 e. The van der Waals surface area contributed by atoms with E-state index in [1.165, 1.54) is 17.2 Å². The van der Waals surface area contributed by atoms with Crippen LogP contribution in [-0.4, -0.2) is 51.3 Å². The van der Waals surface area contributed by atoms with Crippen molar-refractivity contribution in [3.05, 3.63) is 47.7 Å². The normalized spacial score (nSPS) is 17.9. The number of carbonyl (C=O) groups excluding carboxylic acids is 4. The summed E-state index contributed by atoms with van der Waals surface area (Å²) in [5.41, 5.74) is 1.20. The monoisotopic (exact) mass is 424 g/mol. The maximum absolute atomic E-state index is 12.7. The standard InChI is InChI=1S/C21H20N4O6/c26-16-2-1-8-22-19(16)23-18(28)7-9-31-13-3-4-14-12(10-13)11-25(21(14)30)15-5-6-17(27)24-20(15)29/h1-4,8,10,15,26H,5-7,9,11H2,(H,22,23,28)(H,24,27,29). The summed E-state index contributed by atoms with van der Waals surface area (Å²) in [5.74, 6) is -0.968. The van der Waals surface area contributed by atoms with Crippen molar-refractivity contribution in [3.8, 4) is 11.5 Å². The van der Waals surface area contributed by atoms with Gasteiger partial charge in [-0.15, -0.1) is 0 Å². The summed E-state index contributed by atoms with van der Waals surface area (Å²) in [7, 11) is 0. The fourth-order valence-electron chi connectivity index (χ4n) is 3.59. The van der Waals surface area contributed by atoms with Gasteiger partial charge in [-0.25, -0.2) is 4.98 Å². The van der Waals surface area contributed by atoms with Crippen LogP contribution >= 0.6 is 0 Å². The first-order chi connectivity index (χ1) is 14.9. The molecule has 0 bridgehead atoms. The topological polar surface area (TPSA) is 138 Å². The molecule has 2 aliphatic rings. The second-order valence-corrected chi connectivity index (χ2v) is 7.24. The summed E-state index contributed by atoms with van der Waals surface area (Å²) < 4.78 is 5.62. The Hall–Kier alpha value is -3.95. The van der Waals surface area contributed by atoms with Gasteiger partial charge in [-0.3, -0.25) is 24.5 Å². The van der Waals surface area contributed by atoms with Crippen LogP contribution in [0, 0.1) is 0 Å². The van der Waals surface area contributed by atoms with E-state index in [0.717, 1.165) is 5.56 Å². The molecule has 0 spiro atoms. The van der Waals surface area contributed by atoms with E-state index >= 15 is 0 Å². The van der Waals surface area contributed by atoms with Crippen LogP contribution in [0.15, 0.2) is 36.5 Å². The number of benzene rings is 1. The number of imide groups is 1. The summed E-state index contributed by atoms with van der Waals surface area (Å²) in [6.45, 7) is 0.333. The molecular weight excluding hydrogens is 404 g/mol. The van der Waals surface area contributed by atoms with E-state index in [1.807, 2.05) is 0 Å². The van der Waals surface area contributed by atoms with Crippen LogP contribution in [0.5, 0.6) is 11.5 Å². The van der Waals surface area contributed by atoms with Gasteiger partial charge in [0.1, 0.15) is 11.8 Å². The van der Waals surface area contributed by atoms with Crippen molar-refractivity contribution in [3.63, 3.8) is 0 Å². The summed E-state index contributed by atoms with van der Waals surface area (Å²) in [5, 5.41) is 14.4. The Bertz CT molecular complexity index is 1070. The number of anilines is 1. The number of carbonyl (C=O) groups is 4. The number of hydrogen-bond donors (Lipinski definition) is 3. The van der Waals surface area contributed by atoms with Crippen LogP contribution in [0.25, 0.3) is 0 Å². The van der Waals surface area contributed by atoms with Crippen molar-refractivity contribution >= 4 is 29.4 Å². The first-order valence-electron chi connectivity index (χ1n) is 9.76. The van der Waals surface area contributed by atoms with Crippen LogP contribution in [0.3, 0.4) is 0 Å². The lowest BCUT2D eigenvalue weighted by atomic mass is 10.0. The van der Waals surface area contributed by atoms with E-state index in [1.54, 1.807) is 24.3 Å². The lowest BCUT2D eigenvalue weighted by Gasteiger charge is -2.29. The van der Waals surface area contributed by atoms with Crippen molar-refractivity contribution in [1.82, 2.24) is 15.2 Å². The molecule has 0 saturated carbocycles. The molecule has 2 aromatic rings. The van der Waals surface area contributed by atoms with Gasteiger partial charge in [0.05, 0.1) is 13.0 Å². The highest BCUT2D eigenvalue weighted by molar-refractivity contribution is 6.05. The number of hydrogen-bond acceptors (Lipinski definition) is 7. The summed E-state index contributed by atoms with van der Waals surface area (Å²) in [6.07, 6.45) is 1.99. The first kappa shape index (κ1) is 20.3. The van der Waals surface area contributed by atoms with Gasteiger partial charge >= 0.3 is 0 Å². The predicted octanol–water partition coefficient (Wildman–Crippen LogP) is 0.956. The Morgan fingerprint density at radius 1 is 1.29 bits per heavy atom. The molecule has 10 heteroatoms. The minimum absolute atomic E-state index is 0.0361. The van der Waals surface area contributed by atoms with E-state index in [0.29, 0.717) is 17.7 Å². The number of nitrogens with one attached hydrogen (secondary N) is 2. The Labute approximate surface area is 177 Å². The largest absolute Gasteiger partial charge is 0.504 e. The third-order valence-corrected chi connectivity index (χ3v) is 5.14. The minimum atomic E-state index is -0.673. The average Bonchev–Trinajstić information content (AvgIpc) is 3.05. The Morgan fingerprint density at radius 3 is 2.90 bits per heavy atom. The van der Waals surface area contributed by atoms with Crippen molar-refractivity contribution in [2.24, 2.45) is 0 Å². The highest BCUT2D eigenvalue weighted by Gasteiger charge is 2.39. The number of ether oxygens (including phenoxy) is 1. The van der Waals surface area contributed by atoms with Gasteiger partial charge in [0, 0.05) is 24.7 Å². The number of rotatable bonds is 6. The van der Waals surface area contributed by atoms with Crippen LogP contribution in [0.1, 0.15) is 35.2 Å². The number of amides is 4. The van der Waals surface area contributed by atoms with Crippen molar-refractivity contribution in [2.75, 3.05) is 11.9 Å². The molecule has 0 radical (unpaired) electrons. The first-order valence-corrected chi connectivity index (χ1v) is 9.76. The summed E-state index contributed by atoms with van der Waals surface area (Å²) in [4.78, 5) is 53.5. The minimum Gasteiger partial charge on any atom is -0.504 e. The molecule has 1 aromatic carbocycles. The van der Waals surface area contributed by atoms with Crippen molar-refractivity contribution < 1.29 is 29.0 Å². The second-order valence-electron chi connectivity index (χ2n) is 7.24. The van der Waals surface area contributed by atoms with Crippen molar-refractivity contribution in [2.45, 2.75) is 31.8 Å². The second kappa shape index (κ2) is 8.42. The number of fused-ring (bicyclic) bond motifs is 1. The Balaban J connectivity index is 1.33. The fraction of sp³-hybridized carbons (Fsp3) is 0.286. The Morgan fingerprint density at radius 2 is 2.13 bits per heavy atom. The molecule has 10 nitrogen and oxygen atoms in total. The van der Waals surface area contributed by atoms with Gasteiger partial charge in [0.15, 0.2) is 11.6 Å². The SMILES string of the molecule is O=C1CCC(N2Cc3cc(OCCC(=O)Nc4ncccc4O)ccc3C2=O)C(=O)N1. The molecule has 3 heterocycles. The van der Waals surface area contributed by atoms with Gasteiger partial charge < -0.3 is 20.1 Å². The van der Waals surface area contributed by atoms with E-state index in [-0.39, 0.29) is 55.3 Å². The zero-order valence-electron chi connectivity index (χ0n) is 16.5.